The van der Waals surface area contributed by atoms with Gasteiger partial charge in [-0.05, 0) is 49.2 Å². The Morgan fingerprint density at radius 1 is 0.710 bits per heavy atom. The number of rotatable bonds is 8. The molecule has 31 heavy (non-hydrogen) atoms. The summed E-state index contributed by atoms with van der Waals surface area (Å²) in [4.78, 5) is 23.5. The van der Waals surface area contributed by atoms with Crippen molar-refractivity contribution in [2.75, 3.05) is 0 Å². The van der Waals surface area contributed by atoms with Gasteiger partial charge in [0.15, 0.2) is 0 Å². The molecule has 0 saturated carbocycles. The minimum Gasteiger partial charge on any atom is -0.508 e. The fourth-order valence-electron chi connectivity index (χ4n) is 2.39. The summed E-state index contributed by atoms with van der Waals surface area (Å²) in [6.07, 6.45) is 16.5. The van der Waals surface area contributed by atoms with Crippen molar-refractivity contribution in [3.8, 4) is 17.2 Å². The van der Waals surface area contributed by atoms with Gasteiger partial charge in [0, 0.05) is 18.2 Å². The smallest absolute Gasteiger partial charge is 0.336 e. The van der Waals surface area contributed by atoms with Crippen LogP contribution in [-0.2, 0) is 9.59 Å². The second-order valence-electron chi connectivity index (χ2n) is 6.27. The highest BCUT2D eigenvalue weighted by atomic mass is 16.5. The fraction of sp³-hybridized carbons (Fsp3) is 0.0769. The first-order valence-corrected chi connectivity index (χ1v) is 9.64. The van der Waals surface area contributed by atoms with Gasteiger partial charge in [0.2, 0.25) is 0 Å². The van der Waals surface area contributed by atoms with Crippen LogP contribution in [0, 0.1) is 0 Å². The van der Waals surface area contributed by atoms with Crippen LogP contribution in [-0.4, -0.2) is 17.0 Å². The lowest BCUT2D eigenvalue weighted by atomic mass is 10.1. The molecule has 5 nitrogen and oxygen atoms in total. The van der Waals surface area contributed by atoms with Crippen molar-refractivity contribution >= 4 is 24.1 Å². The lowest BCUT2D eigenvalue weighted by Gasteiger charge is -2.04. The topological polar surface area (TPSA) is 72.8 Å². The van der Waals surface area contributed by atoms with Gasteiger partial charge in [0.05, 0.1) is 0 Å². The van der Waals surface area contributed by atoms with Crippen LogP contribution in [0.3, 0.4) is 0 Å². The number of allylic oxidation sites excluding steroid dienone is 6. The SMILES string of the molecule is C/C=C/C=C/C(=O)Oc1ccc(C=Cc2cc(O)cc(OC(=O)/C=C/C=C/C)c2)cc1. The van der Waals surface area contributed by atoms with E-state index in [1.54, 1.807) is 72.9 Å². The Kier molecular flexibility index (Phi) is 9.30. The summed E-state index contributed by atoms with van der Waals surface area (Å²) in [5, 5.41) is 9.90. The van der Waals surface area contributed by atoms with Crippen molar-refractivity contribution < 1.29 is 24.2 Å². The first-order chi connectivity index (χ1) is 15.0. The van der Waals surface area contributed by atoms with Gasteiger partial charge in [0.25, 0.3) is 0 Å². The highest BCUT2D eigenvalue weighted by Crippen LogP contribution is 2.24. The normalized spacial score (nSPS) is 11.9. The van der Waals surface area contributed by atoms with E-state index in [0.29, 0.717) is 11.3 Å². The molecule has 0 aliphatic rings. The predicted octanol–water partition coefficient (Wildman–Crippen LogP) is 5.64. The number of hydrogen-bond acceptors (Lipinski definition) is 5. The number of ether oxygens (including phenoxy) is 2. The largest absolute Gasteiger partial charge is 0.508 e. The maximum atomic E-state index is 11.8. The second kappa shape index (κ2) is 12.4. The number of phenolic OH excluding ortho intramolecular Hbond substituents is 1. The number of carbonyl (C=O) groups excluding carboxylic acids is 2. The molecule has 2 aromatic carbocycles. The molecule has 0 heterocycles. The molecule has 0 aliphatic heterocycles. The third-order valence-corrected chi connectivity index (χ3v) is 3.77. The fourth-order valence-corrected chi connectivity index (χ4v) is 2.39. The van der Waals surface area contributed by atoms with Crippen molar-refractivity contribution in [3.05, 3.63) is 102 Å². The van der Waals surface area contributed by atoms with E-state index in [0.717, 1.165) is 5.56 Å². The highest BCUT2D eigenvalue weighted by molar-refractivity contribution is 5.85. The number of carbonyl (C=O) groups is 2. The molecule has 0 atom stereocenters. The van der Waals surface area contributed by atoms with Gasteiger partial charge in [-0.2, -0.15) is 0 Å². The molecule has 0 amide bonds. The molecule has 0 aliphatic carbocycles. The lowest BCUT2D eigenvalue weighted by Crippen LogP contribution is -2.03. The van der Waals surface area contributed by atoms with Crippen molar-refractivity contribution in [1.29, 1.82) is 0 Å². The highest BCUT2D eigenvalue weighted by Gasteiger charge is 2.04. The van der Waals surface area contributed by atoms with Gasteiger partial charge >= 0.3 is 11.9 Å². The number of benzene rings is 2. The minimum absolute atomic E-state index is 0.0179. The monoisotopic (exact) mass is 416 g/mol. The maximum Gasteiger partial charge on any atom is 0.336 e. The molecule has 158 valence electrons. The quantitative estimate of drug-likeness (QED) is 0.198. The Morgan fingerprint density at radius 2 is 1.26 bits per heavy atom. The zero-order valence-electron chi connectivity index (χ0n) is 17.4. The van der Waals surface area contributed by atoms with E-state index in [9.17, 15) is 14.7 Å². The van der Waals surface area contributed by atoms with E-state index in [4.69, 9.17) is 9.47 Å². The third-order valence-electron chi connectivity index (χ3n) is 3.77. The van der Waals surface area contributed by atoms with E-state index in [-0.39, 0.29) is 11.5 Å². The van der Waals surface area contributed by atoms with E-state index in [2.05, 4.69) is 0 Å². The summed E-state index contributed by atoms with van der Waals surface area (Å²) >= 11 is 0. The van der Waals surface area contributed by atoms with Crippen LogP contribution in [0.1, 0.15) is 25.0 Å². The molecule has 1 N–H and O–H groups in total. The van der Waals surface area contributed by atoms with Crippen molar-refractivity contribution in [2.45, 2.75) is 13.8 Å². The molecule has 0 aromatic heterocycles. The van der Waals surface area contributed by atoms with E-state index >= 15 is 0 Å². The molecule has 0 radical (unpaired) electrons. The van der Waals surface area contributed by atoms with Crippen LogP contribution in [0.4, 0.5) is 0 Å². The first-order valence-electron chi connectivity index (χ1n) is 9.64. The first kappa shape index (κ1) is 23.2. The van der Waals surface area contributed by atoms with Gasteiger partial charge in [-0.25, -0.2) is 9.59 Å². The van der Waals surface area contributed by atoms with Crippen LogP contribution < -0.4 is 9.47 Å². The Morgan fingerprint density at radius 3 is 1.84 bits per heavy atom. The predicted molar refractivity (Wildman–Crippen MR) is 123 cm³/mol. The van der Waals surface area contributed by atoms with Crippen molar-refractivity contribution in [2.24, 2.45) is 0 Å². The molecule has 0 unspecified atom stereocenters. The Hall–Kier alpha value is -4.12. The summed E-state index contributed by atoms with van der Waals surface area (Å²) in [7, 11) is 0. The zero-order valence-corrected chi connectivity index (χ0v) is 17.4. The Bertz CT molecular complexity index is 1040. The molecule has 2 aromatic rings. The van der Waals surface area contributed by atoms with Gasteiger partial charge < -0.3 is 14.6 Å². The number of aromatic hydroxyl groups is 1. The lowest BCUT2D eigenvalue weighted by molar-refractivity contribution is -0.129. The molecular formula is C26H24O5. The standard InChI is InChI=1S/C26H24O5/c1-3-5-7-9-25(28)30-23-15-13-20(14-16-23)11-12-21-17-22(27)19-24(18-21)31-26(29)10-8-6-4-2/h3-19,27H,1-2H3/b5-3+,6-4+,9-7+,10-8+,12-11?. The van der Waals surface area contributed by atoms with E-state index < -0.39 is 11.9 Å². The molecule has 0 saturated heterocycles. The van der Waals surface area contributed by atoms with Crippen LogP contribution in [0.2, 0.25) is 0 Å². The van der Waals surface area contributed by atoms with Crippen LogP contribution in [0.15, 0.2) is 91.1 Å². The van der Waals surface area contributed by atoms with E-state index in [1.807, 2.05) is 26.0 Å². The van der Waals surface area contributed by atoms with Gasteiger partial charge in [-0.1, -0.05) is 60.7 Å². The maximum absolute atomic E-state index is 11.8. The van der Waals surface area contributed by atoms with Gasteiger partial charge in [0.1, 0.15) is 17.2 Å². The summed E-state index contributed by atoms with van der Waals surface area (Å²) in [6.45, 7) is 3.70. The summed E-state index contributed by atoms with van der Waals surface area (Å²) in [5.74, 6) is -0.337. The summed E-state index contributed by atoms with van der Waals surface area (Å²) < 4.78 is 10.4. The zero-order chi connectivity index (χ0) is 22.5. The van der Waals surface area contributed by atoms with Crippen LogP contribution in [0.5, 0.6) is 17.2 Å². The molecule has 5 heteroatoms. The number of esters is 2. The summed E-state index contributed by atoms with van der Waals surface area (Å²) in [5.41, 5.74) is 1.52. The molecule has 0 fully saturated rings. The molecule has 0 spiro atoms. The molecule has 2 rings (SSSR count). The van der Waals surface area contributed by atoms with Crippen LogP contribution >= 0.6 is 0 Å². The number of phenols is 1. The van der Waals surface area contributed by atoms with E-state index in [1.165, 1.54) is 18.2 Å². The average molecular weight is 416 g/mol. The number of hydrogen-bond donors (Lipinski definition) is 1. The minimum atomic E-state index is -0.538. The van der Waals surface area contributed by atoms with Gasteiger partial charge in [-0.15, -0.1) is 0 Å². The van der Waals surface area contributed by atoms with Crippen molar-refractivity contribution in [1.82, 2.24) is 0 Å². The summed E-state index contributed by atoms with van der Waals surface area (Å²) in [6, 6.07) is 11.5. The Labute approximate surface area is 181 Å². The second-order valence-corrected chi connectivity index (χ2v) is 6.27. The molecular weight excluding hydrogens is 392 g/mol. The average Bonchev–Trinajstić information content (AvgIpc) is 2.73. The third kappa shape index (κ3) is 8.83. The van der Waals surface area contributed by atoms with Gasteiger partial charge in [-0.3, -0.25) is 0 Å². The molecule has 0 bridgehead atoms. The van der Waals surface area contributed by atoms with Crippen LogP contribution in [0.25, 0.3) is 12.2 Å². The Balaban J connectivity index is 2.03. The van der Waals surface area contributed by atoms with Crippen molar-refractivity contribution in [3.63, 3.8) is 0 Å².